The van der Waals surface area contributed by atoms with Crippen molar-refractivity contribution in [2.75, 3.05) is 0 Å². The molecular weight excluding hydrogens is 213 g/mol. The van der Waals surface area contributed by atoms with Crippen LogP contribution in [0, 0.1) is 12.9 Å². The fourth-order valence-corrected chi connectivity index (χ4v) is 1.72. The summed E-state index contributed by atoms with van der Waals surface area (Å²) in [5, 5.41) is 9.10. The lowest BCUT2D eigenvalue weighted by Crippen LogP contribution is -2.36. The van der Waals surface area contributed by atoms with Gasteiger partial charge in [-0.2, -0.15) is 4.39 Å². The molecule has 0 unspecified atom stereocenters. The van der Waals surface area contributed by atoms with Crippen molar-refractivity contribution in [3.63, 3.8) is 0 Å². The molecule has 1 aromatic heterocycles. The average molecular weight is 227 g/mol. The minimum absolute atomic E-state index is 0.149. The monoisotopic (exact) mass is 227 g/mol. The first kappa shape index (κ1) is 11.3. The summed E-state index contributed by atoms with van der Waals surface area (Å²) in [4.78, 5) is 3.72. The van der Waals surface area contributed by atoms with Crippen molar-refractivity contribution in [2.24, 2.45) is 0 Å². The lowest BCUT2D eigenvalue weighted by atomic mass is 10.1. The van der Waals surface area contributed by atoms with Crippen LogP contribution in [-0.4, -0.2) is 15.9 Å². The molecule has 2 heterocycles. The van der Waals surface area contributed by atoms with E-state index in [1.54, 1.807) is 20.8 Å². The Morgan fingerprint density at radius 1 is 1.50 bits per heavy atom. The van der Waals surface area contributed by atoms with Crippen LogP contribution in [0.2, 0.25) is 0 Å². The number of aliphatic hydroxyl groups excluding tert-OH is 1. The summed E-state index contributed by atoms with van der Waals surface area (Å²) < 4.78 is 24.5. The molecule has 0 spiro atoms. The van der Waals surface area contributed by atoms with Gasteiger partial charge >= 0.3 is 0 Å². The predicted molar refractivity (Wildman–Crippen MR) is 54.4 cm³/mol. The van der Waals surface area contributed by atoms with Gasteiger partial charge in [-0.1, -0.05) is 0 Å². The molecule has 1 N–H and O–H groups in total. The molecule has 0 saturated carbocycles. The molecule has 0 saturated heterocycles. The molecular formula is C11H14FNO3. The number of pyridine rings is 1. The first-order valence-electron chi connectivity index (χ1n) is 5.06. The van der Waals surface area contributed by atoms with Crippen LogP contribution < -0.4 is 4.74 Å². The number of fused-ring (bicyclic) bond motifs is 1. The van der Waals surface area contributed by atoms with Gasteiger partial charge in [0.15, 0.2) is 0 Å². The van der Waals surface area contributed by atoms with Crippen molar-refractivity contribution in [2.45, 2.75) is 39.8 Å². The van der Waals surface area contributed by atoms with Crippen molar-refractivity contribution in [1.29, 1.82) is 0 Å². The van der Waals surface area contributed by atoms with Gasteiger partial charge in [-0.3, -0.25) is 0 Å². The van der Waals surface area contributed by atoms with Gasteiger partial charge in [0, 0.05) is 25.0 Å². The molecule has 0 radical (unpaired) electrons. The standard InChI is InChI=1S/C11H14FNO3/c1-6-9-8(5-15-11(2,3)16-9)7(4-14)10(12)13-6/h14H,4-5H2,1-3H3. The summed E-state index contributed by atoms with van der Waals surface area (Å²) in [6, 6.07) is 0. The van der Waals surface area contributed by atoms with Gasteiger partial charge in [0.1, 0.15) is 5.75 Å². The van der Waals surface area contributed by atoms with E-state index in [0.29, 0.717) is 17.0 Å². The van der Waals surface area contributed by atoms with Gasteiger partial charge in [-0.25, -0.2) is 4.98 Å². The summed E-state index contributed by atoms with van der Waals surface area (Å²) in [7, 11) is 0. The van der Waals surface area contributed by atoms with E-state index in [1.807, 2.05) is 0 Å². The first-order chi connectivity index (χ1) is 7.44. The lowest BCUT2D eigenvalue weighted by Gasteiger charge is -2.34. The molecule has 88 valence electrons. The number of aromatic nitrogens is 1. The van der Waals surface area contributed by atoms with Crippen LogP contribution in [0.4, 0.5) is 4.39 Å². The molecule has 4 nitrogen and oxygen atoms in total. The Kier molecular flexibility index (Phi) is 2.59. The summed E-state index contributed by atoms with van der Waals surface area (Å²) in [6.45, 7) is 5.03. The van der Waals surface area contributed by atoms with Crippen LogP contribution in [0.25, 0.3) is 0 Å². The van der Waals surface area contributed by atoms with Gasteiger partial charge in [-0.05, 0) is 6.92 Å². The molecule has 2 rings (SSSR count). The van der Waals surface area contributed by atoms with Gasteiger partial charge in [0.05, 0.1) is 18.9 Å². The summed E-state index contributed by atoms with van der Waals surface area (Å²) in [5.74, 6) is -0.892. The zero-order valence-corrected chi connectivity index (χ0v) is 9.50. The van der Waals surface area contributed by atoms with E-state index in [2.05, 4.69) is 4.98 Å². The Bertz CT molecular complexity index is 432. The molecule has 1 aromatic rings. The Hall–Kier alpha value is -1.20. The average Bonchev–Trinajstić information content (AvgIpc) is 2.19. The Morgan fingerprint density at radius 3 is 2.81 bits per heavy atom. The highest BCUT2D eigenvalue weighted by Gasteiger charge is 2.31. The SMILES string of the molecule is Cc1nc(F)c(CO)c2c1OC(C)(C)OC2. The van der Waals surface area contributed by atoms with Crippen LogP contribution in [0.3, 0.4) is 0 Å². The van der Waals surface area contributed by atoms with Crippen LogP contribution in [0.5, 0.6) is 5.75 Å². The third-order valence-electron chi connectivity index (χ3n) is 2.55. The molecule has 1 aliphatic rings. The molecule has 0 amide bonds. The van der Waals surface area contributed by atoms with Crippen LogP contribution in [-0.2, 0) is 18.0 Å². The van der Waals surface area contributed by atoms with Gasteiger partial charge in [-0.15, -0.1) is 0 Å². The Morgan fingerprint density at radius 2 is 2.19 bits per heavy atom. The number of ether oxygens (including phenoxy) is 2. The molecule has 0 aromatic carbocycles. The van der Waals surface area contributed by atoms with Crippen molar-refractivity contribution in [1.82, 2.24) is 4.98 Å². The van der Waals surface area contributed by atoms with Crippen molar-refractivity contribution in [3.8, 4) is 5.75 Å². The molecule has 0 fully saturated rings. The van der Waals surface area contributed by atoms with Crippen molar-refractivity contribution >= 4 is 0 Å². The number of halogens is 1. The summed E-state index contributed by atoms with van der Waals surface area (Å²) in [5.41, 5.74) is 1.17. The highest BCUT2D eigenvalue weighted by Crippen LogP contribution is 2.35. The minimum Gasteiger partial charge on any atom is -0.461 e. The predicted octanol–water partition coefficient (Wildman–Crippen LogP) is 1.67. The second-order valence-electron chi connectivity index (χ2n) is 4.22. The van der Waals surface area contributed by atoms with E-state index >= 15 is 0 Å². The second kappa shape index (κ2) is 3.68. The molecule has 0 atom stereocenters. The maximum absolute atomic E-state index is 13.4. The van der Waals surface area contributed by atoms with Crippen LogP contribution in [0.1, 0.15) is 30.7 Å². The Balaban J connectivity index is 2.57. The van der Waals surface area contributed by atoms with Gasteiger partial charge < -0.3 is 14.6 Å². The van der Waals surface area contributed by atoms with E-state index in [-0.39, 0.29) is 12.2 Å². The van der Waals surface area contributed by atoms with Crippen LogP contribution >= 0.6 is 0 Å². The smallest absolute Gasteiger partial charge is 0.219 e. The second-order valence-corrected chi connectivity index (χ2v) is 4.22. The zero-order chi connectivity index (χ0) is 11.9. The maximum atomic E-state index is 13.4. The number of nitrogens with zero attached hydrogens (tertiary/aromatic N) is 1. The number of hydrogen-bond acceptors (Lipinski definition) is 4. The minimum atomic E-state index is -0.746. The fourth-order valence-electron chi connectivity index (χ4n) is 1.72. The topological polar surface area (TPSA) is 51.6 Å². The molecule has 16 heavy (non-hydrogen) atoms. The summed E-state index contributed by atoms with van der Waals surface area (Å²) in [6.07, 6.45) is 0. The zero-order valence-electron chi connectivity index (χ0n) is 9.50. The van der Waals surface area contributed by atoms with Gasteiger partial charge in [0.25, 0.3) is 0 Å². The van der Waals surface area contributed by atoms with Crippen molar-refractivity contribution in [3.05, 3.63) is 22.8 Å². The number of aryl methyl sites for hydroxylation is 1. The largest absolute Gasteiger partial charge is 0.461 e. The normalized spacial score (nSPS) is 17.8. The Labute approximate surface area is 93.0 Å². The van der Waals surface area contributed by atoms with E-state index in [0.717, 1.165) is 0 Å². The highest BCUT2D eigenvalue weighted by molar-refractivity contribution is 5.43. The van der Waals surface area contributed by atoms with Crippen LogP contribution in [0.15, 0.2) is 0 Å². The molecule has 0 bridgehead atoms. The van der Waals surface area contributed by atoms with Gasteiger partial charge in [0.2, 0.25) is 11.7 Å². The van der Waals surface area contributed by atoms with Crippen molar-refractivity contribution < 1.29 is 19.0 Å². The molecule has 5 heteroatoms. The highest BCUT2D eigenvalue weighted by atomic mass is 19.1. The number of aliphatic hydroxyl groups is 1. The first-order valence-corrected chi connectivity index (χ1v) is 5.06. The lowest BCUT2D eigenvalue weighted by molar-refractivity contribution is -0.181. The fraction of sp³-hybridized carbons (Fsp3) is 0.545. The molecule has 0 aliphatic carbocycles. The van der Waals surface area contributed by atoms with E-state index in [9.17, 15) is 4.39 Å². The third kappa shape index (κ3) is 1.76. The maximum Gasteiger partial charge on any atom is 0.219 e. The third-order valence-corrected chi connectivity index (χ3v) is 2.55. The molecule has 1 aliphatic heterocycles. The van der Waals surface area contributed by atoms with E-state index in [1.165, 1.54) is 0 Å². The quantitative estimate of drug-likeness (QED) is 0.741. The summed E-state index contributed by atoms with van der Waals surface area (Å²) >= 11 is 0. The number of rotatable bonds is 1. The van der Waals surface area contributed by atoms with E-state index in [4.69, 9.17) is 14.6 Å². The number of hydrogen-bond donors (Lipinski definition) is 1. The van der Waals surface area contributed by atoms with E-state index < -0.39 is 18.3 Å².